The highest BCUT2D eigenvalue weighted by molar-refractivity contribution is 5.94. The third-order valence-corrected chi connectivity index (χ3v) is 3.86. The Balaban J connectivity index is 1.82. The van der Waals surface area contributed by atoms with Crippen LogP contribution >= 0.6 is 0 Å². The van der Waals surface area contributed by atoms with E-state index in [4.69, 9.17) is 5.26 Å². The van der Waals surface area contributed by atoms with Crippen LogP contribution in [0, 0.1) is 18.3 Å². The molecule has 1 unspecified atom stereocenters. The van der Waals surface area contributed by atoms with Crippen LogP contribution in [0.15, 0.2) is 30.5 Å². The van der Waals surface area contributed by atoms with Gasteiger partial charge in [-0.2, -0.15) is 5.26 Å². The predicted molar refractivity (Wildman–Crippen MR) is 81.1 cm³/mol. The number of aryl methyl sites for hydroxylation is 2. The highest BCUT2D eigenvalue weighted by atomic mass is 16.1. The summed E-state index contributed by atoms with van der Waals surface area (Å²) >= 11 is 0. The lowest BCUT2D eigenvalue weighted by Crippen LogP contribution is -2.31. The molecule has 0 radical (unpaired) electrons. The van der Waals surface area contributed by atoms with Gasteiger partial charge in [-0.05, 0) is 44.4 Å². The normalized spacial score (nSPS) is 16.5. The van der Waals surface area contributed by atoms with E-state index in [9.17, 15) is 4.79 Å². The second-order valence-corrected chi connectivity index (χ2v) is 5.43. The summed E-state index contributed by atoms with van der Waals surface area (Å²) in [5.41, 5.74) is 3.01. The van der Waals surface area contributed by atoms with E-state index >= 15 is 0 Å². The summed E-state index contributed by atoms with van der Waals surface area (Å²) in [6.07, 6.45) is 4.61. The minimum Gasteiger partial charge on any atom is -0.345 e. The molecule has 1 aromatic carbocycles. The quantitative estimate of drug-likeness (QED) is 0.922. The number of carbonyl (C=O) groups excluding carboxylic acids is 1. The number of hydrogen-bond acceptors (Lipinski definition) is 4. The Morgan fingerprint density at radius 2 is 2.32 bits per heavy atom. The van der Waals surface area contributed by atoms with Gasteiger partial charge in [0.15, 0.2) is 0 Å². The van der Waals surface area contributed by atoms with Crippen molar-refractivity contribution in [2.75, 3.05) is 0 Å². The van der Waals surface area contributed by atoms with Crippen molar-refractivity contribution in [3.8, 4) is 6.07 Å². The van der Waals surface area contributed by atoms with Crippen LogP contribution < -0.4 is 5.32 Å². The van der Waals surface area contributed by atoms with Gasteiger partial charge in [0.1, 0.15) is 5.82 Å². The molecule has 1 aliphatic carbocycles. The molecular weight excluding hydrogens is 276 g/mol. The van der Waals surface area contributed by atoms with Gasteiger partial charge in [-0.15, -0.1) is 0 Å². The molecule has 0 saturated carbocycles. The number of amides is 1. The number of nitrogens with zero attached hydrogens (tertiary/aromatic N) is 3. The first-order valence-corrected chi connectivity index (χ1v) is 7.31. The number of benzene rings is 1. The van der Waals surface area contributed by atoms with Gasteiger partial charge in [0.25, 0.3) is 5.91 Å². The van der Waals surface area contributed by atoms with Gasteiger partial charge in [0.05, 0.1) is 17.7 Å². The van der Waals surface area contributed by atoms with E-state index in [0.717, 1.165) is 36.3 Å². The maximum absolute atomic E-state index is 12.4. The molecule has 0 fully saturated rings. The van der Waals surface area contributed by atoms with Crippen molar-refractivity contribution in [3.63, 3.8) is 0 Å². The van der Waals surface area contributed by atoms with Gasteiger partial charge >= 0.3 is 0 Å². The maximum atomic E-state index is 12.4. The van der Waals surface area contributed by atoms with Crippen LogP contribution in [0.3, 0.4) is 0 Å². The van der Waals surface area contributed by atoms with Crippen molar-refractivity contribution in [1.82, 2.24) is 15.3 Å². The number of rotatable bonds is 2. The molecule has 110 valence electrons. The van der Waals surface area contributed by atoms with Gasteiger partial charge < -0.3 is 5.32 Å². The molecule has 5 heteroatoms. The first kappa shape index (κ1) is 14.2. The predicted octanol–water partition coefficient (Wildman–Crippen LogP) is 2.46. The number of nitrogens with one attached hydrogen (secondary N) is 1. The highest BCUT2D eigenvalue weighted by Crippen LogP contribution is 2.28. The molecule has 1 N–H and O–H groups in total. The minimum absolute atomic E-state index is 0.0670. The van der Waals surface area contributed by atoms with E-state index in [0.29, 0.717) is 11.1 Å². The zero-order chi connectivity index (χ0) is 15.5. The zero-order valence-electron chi connectivity index (χ0n) is 12.3. The summed E-state index contributed by atoms with van der Waals surface area (Å²) in [6.45, 7) is 1.87. The first-order chi connectivity index (χ1) is 10.7. The fraction of sp³-hybridized carbons (Fsp3) is 0.294. The fourth-order valence-electron chi connectivity index (χ4n) is 2.77. The minimum atomic E-state index is -0.171. The summed E-state index contributed by atoms with van der Waals surface area (Å²) in [7, 11) is 0. The van der Waals surface area contributed by atoms with E-state index in [1.165, 1.54) is 0 Å². The molecule has 0 aliphatic heterocycles. The van der Waals surface area contributed by atoms with E-state index in [1.54, 1.807) is 24.3 Å². The molecule has 0 saturated heterocycles. The van der Waals surface area contributed by atoms with Crippen LogP contribution in [0.25, 0.3) is 0 Å². The van der Waals surface area contributed by atoms with Crippen LogP contribution in [-0.4, -0.2) is 15.9 Å². The molecular formula is C17H16N4O. The molecule has 1 amide bonds. The largest absolute Gasteiger partial charge is 0.345 e. The van der Waals surface area contributed by atoms with Crippen molar-refractivity contribution >= 4 is 5.91 Å². The molecule has 5 nitrogen and oxygen atoms in total. The molecule has 0 spiro atoms. The van der Waals surface area contributed by atoms with Gasteiger partial charge in [-0.1, -0.05) is 6.07 Å². The number of hydrogen-bond donors (Lipinski definition) is 1. The summed E-state index contributed by atoms with van der Waals surface area (Å²) in [4.78, 5) is 21.1. The van der Waals surface area contributed by atoms with Crippen molar-refractivity contribution in [2.45, 2.75) is 32.2 Å². The zero-order valence-corrected chi connectivity index (χ0v) is 12.3. The summed E-state index contributed by atoms with van der Waals surface area (Å²) in [6, 6.07) is 8.70. The van der Waals surface area contributed by atoms with Crippen LogP contribution in [-0.2, 0) is 6.42 Å². The number of aromatic nitrogens is 2. The molecule has 1 atom stereocenters. The Hall–Kier alpha value is -2.74. The van der Waals surface area contributed by atoms with Gasteiger partial charge in [0, 0.05) is 23.0 Å². The lowest BCUT2D eigenvalue weighted by molar-refractivity contribution is 0.0932. The fourth-order valence-corrected chi connectivity index (χ4v) is 2.77. The molecule has 1 aliphatic rings. The standard InChI is InChI=1S/C17H16N4O/c1-11-19-10-14-15(20-11)6-3-7-16(14)21-17(22)13-5-2-4-12(8-13)9-18/h2,4-5,8,10,16H,3,6-7H2,1H3,(H,21,22). The van der Waals surface area contributed by atoms with Crippen molar-refractivity contribution in [2.24, 2.45) is 0 Å². The first-order valence-electron chi connectivity index (χ1n) is 7.31. The Labute approximate surface area is 129 Å². The monoisotopic (exact) mass is 292 g/mol. The Morgan fingerprint density at radius 1 is 1.45 bits per heavy atom. The third-order valence-electron chi connectivity index (χ3n) is 3.86. The molecule has 3 rings (SSSR count). The molecule has 0 bridgehead atoms. The lowest BCUT2D eigenvalue weighted by atomic mass is 9.92. The van der Waals surface area contributed by atoms with Crippen LogP contribution in [0.2, 0.25) is 0 Å². The SMILES string of the molecule is Cc1ncc2c(n1)CCCC2NC(=O)c1cccc(C#N)c1. The summed E-state index contributed by atoms with van der Waals surface area (Å²) in [5, 5.41) is 12.0. The average Bonchev–Trinajstić information content (AvgIpc) is 2.54. The maximum Gasteiger partial charge on any atom is 0.251 e. The van der Waals surface area contributed by atoms with E-state index in [1.807, 2.05) is 19.2 Å². The molecule has 1 aromatic heterocycles. The van der Waals surface area contributed by atoms with Crippen LogP contribution in [0.1, 0.15) is 51.9 Å². The van der Waals surface area contributed by atoms with Crippen LogP contribution in [0.4, 0.5) is 0 Å². The molecule has 1 heterocycles. The Morgan fingerprint density at radius 3 is 3.14 bits per heavy atom. The van der Waals surface area contributed by atoms with E-state index < -0.39 is 0 Å². The van der Waals surface area contributed by atoms with Gasteiger partial charge in [-0.25, -0.2) is 9.97 Å². The Kier molecular flexibility index (Phi) is 3.84. The number of fused-ring (bicyclic) bond motifs is 1. The smallest absolute Gasteiger partial charge is 0.251 e. The molecule has 2 aromatic rings. The average molecular weight is 292 g/mol. The number of carbonyl (C=O) groups is 1. The topological polar surface area (TPSA) is 78.7 Å². The van der Waals surface area contributed by atoms with Gasteiger partial charge in [-0.3, -0.25) is 4.79 Å². The van der Waals surface area contributed by atoms with Crippen molar-refractivity contribution in [3.05, 3.63) is 58.7 Å². The third kappa shape index (κ3) is 2.82. The second kappa shape index (κ2) is 5.94. The summed E-state index contributed by atoms with van der Waals surface area (Å²) in [5.74, 6) is 0.586. The number of nitriles is 1. The van der Waals surface area contributed by atoms with E-state index in [-0.39, 0.29) is 11.9 Å². The van der Waals surface area contributed by atoms with Gasteiger partial charge in [0.2, 0.25) is 0 Å². The van der Waals surface area contributed by atoms with Crippen molar-refractivity contribution in [1.29, 1.82) is 5.26 Å². The summed E-state index contributed by atoms with van der Waals surface area (Å²) < 4.78 is 0. The Bertz CT molecular complexity index is 763. The van der Waals surface area contributed by atoms with Crippen LogP contribution in [0.5, 0.6) is 0 Å². The lowest BCUT2D eigenvalue weighted by Gasteiger charge is -2.25. The second-order valence-electron chi connectivity index (χ2n) is 5.43. The van der Waals surface area contributed by atoms with E-state index in [2.05, 4.69) is 15.3 Å². The highest BCUT2D eigenvalue weighted by Gasteiger charge is 2.23. The van der Waals surface area contributed by atoms with Crippen molar-refractivity contribution < 1.29 is 4.79 Å². The molecule has 22 heavy (non-hydrogen) atoms.